The molecule has 0 bridgehead atoms. The second kappa shape index (κ2) is 5.25. The molecular formula is C11H24N2. The van der Waals surface area contributed by atoms with Crippen LogP contribution in [0.25, 0.3) is 0 Å². The molecule has 78 valence electrons. The van der Waals surface area contributed by atoms with Gasteiger partial charge in [-0.3, -0.25) is 5.41 Å². The van der Waals surface area contributed by atoms with Gasteiger partial charge in [-0.25, -0.2) is 0 Å². The summed E-state index contributed by atoms with van der Waals surface area (Å²) in [6.45, 7) is 12.7. The molecule has 0 spiro atoms. The van der Waals surface area contributed by atoms with Gasteiger partial charge >= 0.3 is 0 Å². The molecule has 0 amide bonds. The first kappa shape index (κ1) is 12.5. The van der Waals surface area contributed by atoms with Gasteiger partial charge in [0, 0.05) is 18.5 Å². The topological polar surface area (TPSA) is 27.1 Å². The highest BCUT2D eigenvalue weighted by Crippen LogP contribution is 2.18. The summed E-state index contributed by atoms with van der Waals surface area (Å²) in [5, 5.41) is 8.03. The molecule has 1 N–H and O–H groups in total. The summed E-state index contributed by atoms with van der Waals surface area (Å²) < 4.78 is 0. The Balaban J connectivity index is 4.27. The van der Waals surface area contributed by atoms with Gasteiger partial charge in [0.25, 0.3) is 0 Å². The van der Waals surface area contributed by atoms with Crippen molar-refractivity contribution in [1.82, 2.24) is 4.90 Å². The van der Waals surface area contributed by atoms with Crippen molar-refractivity contribution in [2.24, 2.45) is 5.41 Å². The molecule has 2 heteroatoms. The molecule has 0 heterocycles. The highest BCUT2D eigenvalue weighted by Gasteiger charge is 2.21. The first-order valence-electron chi connectivity index (χ1n) is 5.27. The van der Waals surface area contributed by atoms with Gasteiger partial charge in [-0.05, 0) is 12.8 Å². The molecule has 0 rings (SSSR count). The van der Waals surface area contributed by atoms with Gasteiger partial charge < -0.3 is 4.90 Å². The van der Waals surface area contributed by atoms with E-state index >= 15 is 0 Å². The van der Waals surface area contributed by atoms with E-state index in [2.05, 4.69) is 39.5 Å². The summed E-state index contributed by atoms with van der Waals surface area (Å²) in [5.74, 6) is 0.774. The zero-order chi connectivity index (χ0) is 10.5. The standard InChI is InChI=1S/C11H24N2/c1-6-8-13(9-7-2)10(12)11(3,4)5/h12H,6-9H2,1-5H3. The van der Waals surface area contributed by atoms with Crippen LogP contribution in [0.15, 0.2) is 0 Å². The average molecular weight is 184 g/mol. The Morgan fingerprint density at radius 2 is 1.46 bits per heavy atom. The van der Waals surface area contributed by atoms with Gasteiger partial charge in [0.05, 0.1) is 0 Å². The summed E-state index contributed by atoms with van der Waals surface area (Å²) >= 11 is 0. The lowest BCUT2D eigenvalue weighted by Gasteiger charge is -2.32. The molecule has 0 aromatic rings. The summed E-state index contributed by atoms with van der Waals surface area (Å²) in [4.78, 5) is 2.19. The van der Waals surface area contributed by atoms with Crippen LogP contribution in [0.4, 0.5) is 0 Å². The molecule has 0 atom stereocenters. The molecule has 0 aliphatic heterocycles. The normalized spacial score (nSPS) is 11.5. The van der Waals surface area contributed by atoms with E-state index in [0.717, 1.165) is 31.8 Å². The van der Waals surface area contributed by atoms with Crippen molar-refractivity contribution in [3.05, 3.63) is 0 Å². The summed E-state index contributed by atoms with van der Waals surface area (Å²) in [7, 11) is 0. The van der Waals surface area contributed by atoms with E-state index < -0.39 is 0 Å². The fourth-order valence-corrected chi connectivity index (χ4v) is 1.35. The van der Waals surface area contributed by atoms with E-state index in [1.54, 1.807) is 0 Å². The molecule has 0 aliphatic rings. The molecular weight excluding hydrogens is 160 g/mol. The van der Waals surface area contributed by atoms with E-state index in [0.29, 0.717) is 0 Å². The predicted octanol–water partition coefficient (Wildman–Crippen LogP) is 3.13. The van der Waals surface area contributed by atoms with Crippen molar-refractivity contribution in [3.8, 4) is 0 Å². The molecule has 0 saturated heterocycles. The minimum atomic E-state index is -0.00958. The highest BCUT2D eigenvalue weighted by molar-refractivity contribution is 5.84. The van der Waals surface area contributed by atoms with Crippen LogP contribution in [-0.2, 0) is 0 Å². The number of nitrogens with one attached hydrogen (secondary N) is 1. The van der Waals surface area contributed by atoms with E-state index in [-0.39, 0.29) is 5.41 Å². The van der Waals surface area contributed by atoms with Gasteiger partial charge in [-0.1, -0.05) is 34.6 Å². The van der Waals surface area contributed by atoms with Gasteiger partial charge in [0.2, 0.25) is 0 Å². The second-order valence-corrected chi connectivity index (χ2v) is 4.59. The molecule has 13 heavy (non-hydrogen) atoms. The summed E-state index contributed by atoms with van der Waals surface area (Å²) in [5.41, 5.74) is -0.00958. The monoisotopic (exact) mass is 184 g/mol. The molecule has 0 aromatic heterocycles. The first-order valence-corrected chi connectivity index (χ1v) is 5.27. The maximum atomic E-state index is 8.03. The lowest BCUT2D eigenvalue weighted by Crippen LogP contribution is -2.39. The van der Waals surface area contributed by atoms with E-state index in [9.17, 15) is 0 Å². The SMILES string of the molecule is CCCN(CCC)C(=N)C(C)(C)C. The molecule has 0 unspecified atom stereocenters. The zero-order valence-electron chi connectivity index (χ0n) is 9.78. The number of nitrogens with zero attached hydrogens (tertiary/aromatic N) is 1. The maximum absolute atomic E-state index is 8.03. The number of rotatable bonds is 4. The third-order valence-corrected chi connectivity index (χ3v) is 2.01. The Kier molecular flexibility index (Phi) is 5.04. The fraction of sp³-hybridized carbons (Fsp3) is 0.909. The molecule has 0 aliphatic carbocycles. The molecule has 2 nitrogen and oxygen atoms in total. The Morgan fingerprint density at radius 3 is 1.69 bits per heavy atom. The van der Waals surface area contributed by atoms with Crippen molar-refractivity contribution >= 4 is 5.84 Å². The third kappa shape index (κ3) is 4.30. The van der Waals surface area contributed by atoms with E-state index in [1.807, 2.05) is 0 Å². The van der Waals surface area contributed by atoms with Gasteiger partial charge in [0.15, 0.2) is 0 Å². The van der Waals surface area contributed by atoms with Crippen molar-refractivity contribution < 1.29 is 0 Å². The predicted molar refractivity (Wildman–Crippen MR) is 59.3 cm³/mol. The number of hydrogen-bond donors (Lipinski definition) is 1. The Bertz CT molecular complexity index is 150. The Morgan fingerprint density at radius 1 is 1.08 bits per heavy atom. The Labute approximate surface area is 82.8 Å². The van der Waals surface area contributed by atoms with Crippen molar-refractivity contribution in [2.75, 3.05) is 13.1 Å². The van der Waals surface area contributed by atoms with Crippen LogP contribution in [0.2, 0.25) is 0 Å². The van der Waals surface area contributed by atoms with Crippen LogP contribution < -0.4 is 0 Å². The smallest absolute Gasteiger partial charge is 0.101 e. The fourth-order valence-electron chi connectivity index (χ4n) is 1.35. The average Bonchev–Trinajstić information content (AvgIpc) is 2.01. The van der Waals surface area contributed by atoms with E-state index in [1.165, 1.54) is 0 Å². The summed E-state index contributed by atoms with van der Waals surface area (Å²) in [6.07, 6.45) is 2.25. The lowest BCUT2D eigenvalue weighted by molar-refractivity contribution is 0.365. The third-order valence-electron chi connectivity index (χ3n) is 2.01. The summed E-state index contributed by atoms with van der Waals surface area (Å²) in [6, 6.07) is 0. The molecule has 0 aromatic carbocycles. The van der Waals surface area contributed by atoms with Crippen LogP contribution in [-0.4, -0.2) is 23.8 Å². The van der Waals surface area contributed by atoms with Crippen LogP contribution in [0.5, 0.6) is 0 Å². The zero-order valence-corrected chi connectivity index (χ0v) is 9.78. The van der Waals surface area contributed by atoms with Crippen LogP contribution >= 0.6 is 0 Å². The highest BCUT2D eigenvalue weighted by atomic mass is 15.2. The van der Waals surface area contributed by atoms with Crippen molar-refractivity contribution in [3.63, 3.8) is 0 Å². The molecule has 0 fully saturated rings. The van der Waals surface area contributed by atoms with Gasteiger partial charge in [0.1, 0.15) is 5.84 Å². The first-order chi connectivity index (χ1) is 5.93. The number of amidine groups is 1. The largest absolute Gasteiger partial charge is 0.360 e. The van der Waals surface area contributed by atoms with Gasteiger partial charge in [-0.2, -0.15) is 0 Å². The van der Waals surface area contributed by atoms with Crippen LogP contribution in [0.1, 0.15) is 47.5 Å². The van der Waals surface area contributed by atoms with Crippen molar-refractivity contribution in [2.45, 2.75) is 47.5 Å². The minimum Gasteiger partial charge on any atom is -0.360 e. The maximum Gasteiger partial charge on any atom is 0.101 e. The molecule has 0 saturated carbocycles. The van der Waals surface area contributed by atoms with E-state index in [4.69, 9.17) is 5.41 Å². The second-order valence-electron chi connectivity index (χ2n) is 4.59. The number of hydrogen-bond acceptors (Lipinski definition) is 1. The van der Waals surface area contributed by atoms with Crippen LogP contribution in [0, 0.1) is 10.8 Å². The quantitative estimate of drug-likeness (QED) is 0.527. The van der Waals surface area contributed by atoms with Crippen LogP contribution in [0.3, 0.4) is 0 Å². The van der Waals surface area contributed by atoms with Gasteiger partial charge in [-0.15, -0.1) is 0 Å². The van der Waals surface area contributed by atoms with Crippen molar-refractivity contribution in [1.29, 1.82) is 5.41 Å². The lowest BCUT2D eigenvalue weighted by atomic mass is 9.94. The molecule has 0 radical (unpaired) electrons. The minimum absolute atomic E-state index is 0.00958. The Hall–Kier alpha value is -0.530.